The number of hydrogen-bond donors (Lipinski definition) is 3. The van der Waals surface area contributed by atoms with E-state index in [2.05, 4.69) is 34.1 Å². The molecule has 0 atom stereocenters. The van der Waals surface area contributed by atoms with Gasteiger partial charge in [0.2, 0.25) is 0 Å². The summed E-state index contributed by atoms with van der Waals surface area (Å²) in [6.07, 6.45) is -0.204. The molecule has 0 saturated heterocycles. The molecule has 0 saturated carbocycles. The first-order chi connectivity index (χ1) is 11.3. The summed E-state index contributed by atoms with van der Waals surface area (Å²) >= 11 is 0. The van der Waals surface area contributed by atoms with Gasteiger partial charge in [0.1, 0.15) is 0 Å². The molecule has 8 heteroatoms. The second kappa shape index (κ2) is 9.74. The maximum Gasteiger partial charge on any atom is 0.490 e. The van der Waals surface area contributed by atoms with Crippen molar-refractivity contribution in [1.29, 1.82) is 0 Å². The van der Waals surface area contributed by atoms with Crippen LogP contribution in [0, 0.1) is 0 Å². The van der Waals surface area contributed by atoms with Crippen LogP contribution in [-0.4, -0.2) is 40.1 Å². The van der Waals surface area contributed by atoms with Crippen LogP contribution in [0.5, 0.6) is 0 Å². The molecule has 0 aliphatic carbocycles. The van der Waals surface area contributed by atoms with E-state index in [0.717, 1.165) is 19.5 Å². The Labute approximate surface area is 137 Å². The number of alkyl halides is 3. The van der Waals surface area contributed by atoms with E-state index in [-0.39, 0.29) is 6.61 Å². The van der Waals surface area contributed by atoms with Gasteiger partial charge in [-0.05, 0) is 42.8 Å². The Hall–Kier alpha value is -2.32. The molecule has 0 amide bonds. The summed E-state index contributed by atoms with van der Waals surface area (Å²) in [7, 11) is 0. The number of halogens is 3. The first-order valence-electron chi connectivity index (χ1n) is 7.18. The minimum absolute atomic E-state index is 0.250. The van der Waals surface area contributed by atoms with Crippen molar-refractivity contribution in [3.63, 3.8) is 0 Å². The average molecular weight is 344 g/mol. The Morgan fingerprint density at radius 1 is 1.12 bits per heavy atom. The summed E-state index contributed by atoms with van der Waals surface area (Å²) in [4.78, 5) is 8.90. The predicted molar refractivity (Wildman–Crippen MR) is 82.9 cm³/mol. The largest absolute Gasteiger partial charge is 0.490 e. The lowest BCUT2D eigenvalue weighted by atomic mass is 10.2. The fourth-order valence-corrected chi connectivity index (χ4v) is 1.73. The highest BCUT2D eigenvalue weighted by Gasteiger charge is 2.38. The molecule has 0 bridgehead atoms. The lowest BCUT2D eigenvalue weighted by Crippen LogP contribution is -2.21. The molecule has 0 unspecified atom stereocenters. The molecule has 24 heavy (non-hydrogen) atoms. The van der Waals surface area contributed by atoms with Gasteiger partial charge in [0.05, 0.1) is 0 Å². The van der Waals surface area contributed by atoms with Crippen molar-refractivity contribution in [2.45, 2.75) is 19.1 Å². The Morgan fingerprint density at radius 2 is 1.67 bits per heavy atom. The summed E-state index contributed by atoms with van der Waals surface area (Å²) in [6.45, 7) is 1.96. The Bertz CT molecular complexity index is 596. The molecule has 2 aromatic rings. The van der Waals surface area contributed by atoms with E-state index in [1.165, 1.54) is 11.3 Å². The SMILES string of the molecule is O=C(O)C(F)(F)F.OCCCNCc1ccc(-n2cccc2)cc1. The molecule has 0 fully saturated rings. The van der Waals surface area contributed by atoms with Gasteiger partial charge in [0.15, 0.2) is 0 Å². The van der Waals surface area contributed by atoms with Crippen LogP contribution in [0.25, 0.3) is 5.69 Å². The van der Waals surface area contributed by atoms with Gasteiger partial charge in [0.25, 0.3) is 0 Å². The summed E-state index contributed by atoms with van der Waals surface area (Å²) < 4.78 is 33.8. The highest BCUT2D eigenvalue weighted by molar-refractivity contribution is 5.73. The molecular formula is C16H19F3N2O3. The maximum atomic E-state index is 10.6. The lowest BCUT2D eigenvalue weighted by molar-refractivity contribution is -0.192. The predicted octanol–water partition coefficient (Wildman–Crippen LogP) is 2.58. The van der Waals surface area contributed by atoms with Crippen molar-refractivity contribution >= 4 is 5.97 Å². The molecule has 3 N–H and O–H groups in total. The topological polar surface area (TPSA) is 74.5 Å². The monoisotopic (exact) mass is 344 g/mol. The van der Waals surface area contributed by atoms with Crippen molar-refractivity contribution in [2.24, 2.45) is 0 Å². The maximum absolute atomic E-state index is 10.6. The number of nitrogens with one attached hydrogen (secondary N) is 1. The number of carbonyl (C=O) groups is 1. The van der Waals surface area contributed by atoms with Gasteiger partial charge in [-0.3, -0.25) is 0 Å². The van der Waals surface area contributed by atoms with Crippen LogP contribution in [0.4, 0.5) is 13.2 Å². The van der Waals surface area contributed by atoms with Crippen molar-refractivity contribution < 1.29 is 28.2 Å². The van der Waals surface area contributed by atoms with Gasteiger partial charge < -0.3 is 20.1 Å². The second-order valence-corrected chi connectivity index (χ2v) is 4.81. The van der Waals surface area contributed by atoms with Crippen molar-refractivity contribution in [2.75, 3.05) is 13.2 Å². The lowest BCUT2D eigenvalue weighted by Gasteiger charge is -2.06. The number of hydrogen-bond acceptors (Lipinski definition) is 3. The quantitative estimate of drug-likeness (QED) is 0.704. The first kappa shape index (κ1) is 19.7. The summed E-state index contributed by atoms with van der Waals surface area (Å²) in [5, 5.41) is 19.1. The molecule has 132 valence electrons. The third-order valence-corrected chi connectivity index (χ3v) is 2.92. The number of aromatic nitrogens is 1. The second-order valence-electron chi connectivity index (χ2n) is 4.81. The standard InChI is InChI=1S/C14H18N2O.C2HF3O2/c17-11-3-8-15-12-13-4-6-14(7-5-13)16-9-1-2-10-16;3-2(4,5)1(6)7/h1-2,4-7,9-10,15,17H,3,8,11-12H2;(H,6,7). The van der Waals surface area contributed by atoms with Crippen LogP contribution < -0.4 is 5.32 Å². The van der Waals surface area contributed by atoms with Crippen LogP contribution in [0.1, 0.15) is 12.0 Å². The molecule has 0 aliphatic heterocycles. The van der Waals surface area contributed by atoms with E-state index in [4.69, 9.17) is 15.0 Å². The molecule has 5 nitrogen and oxygen atoms in total. The van der Waals surface area contributed by atoms with Gasteiger partial charge in [-0.2, -0.15) is 13.2 Å². The van der Waals surface area contributed by atoms with Gasteiger partial charge >= 0.3 is 12.1 Å². The minimum Gasteiger partial charge on any atom is -0.475 e. The number of rotatable bonds is 6. The number of benzene rings is 1. The van der Waals surface area contributed by atoms with Crippen molar-refractivity contribution in [3.8, 4) is 5.69 Å². The number of carboxylic acids is 1. The summed E-state index contributed by atoms with van der Waals surface area (Å²) in [5.74, 6) is -2.76. The number of aliphatic hydroxyl groups excluding tert-OH is 1. The zero-order valence-corrected chi connectivity index (χ0v) is 12.8. The number of nitrogens with zero attached hydrogens (tertiary/aromatic N) is 1. The molecule has 0 radical (unpaired) electrons. The van der Waals surface area contributed by atoms with Crippen molar-refractivity contribution in [3.05, 3.63) is 54.4 Å². The first-order valence-corrected chi connectivity index (χ1v) is 7.18. The third kappa shape index (κ3) is 7.30. The van der Waals surface area contributed by atoms with Gasteiger partial charge in [-0.15, -0.1) is 0 Å². The molecular weight excluding hydrogens is 325 g/mol. The molecule has 0 aliphatic rings. The molecule has 2 rings (SSSR count). The normalized spacial score (nSPS) is 10.8. The fourth-order valence-electron chi connectivity index (χ4n) is 1.73. The third-order valence-electron chi connectivity index (χ3n) is 2.92. The van der Waals surface area contributed by atoms with Gasteiger partial charge in [0, 0.05) is 31.2 Å². The Kier molecular flexibility index (Phi) is 8.00. The highest BCUT2D eigenvalue weighted by Crippen LogP contribution is 2.13. The minimum atomic E-state index is -5.08. The van der Waals surface area contributed by atoms with E-state index in [1.54, 1.807) is 0 Å². The smallest absolute Gasteiger partial charge is 0.475 e. The highest BCUT2D eigenvalue weighted by atomic mass is 19.4. The van der Waals surface area contributed by atoms with E-state index in [0.29, 0.717) is 0 Å². The zero-order valence-electron chi connectivity index (χ0n) is 12.8. The summed E-state index contributed by atoms with van der Waals surface area (Å²) in [6, 6.07) is 12.5. The number of aliphatic hydroxyl groups is 1. The van der Waals surface area contributed by atoms with Crippen LogP contribution in [0.2, 0.25) is 0 Å². The summed E-state index contributed by atoms with van der Waals surface area (Å²) in [5.41, 5.74) is 2.44. The fraction of sp³-hybridized carbons (Fsp3) is 0.312. The molecule has 1 aromatic heterocycles. The zero-order chi connectivity index (χ0) is 18.0. The van der Waals surface area contributed by atoms with Crippen LogP contribution in [-0.2, 0) is 11.3 Å². The molecule has 0 spiro atoms. The van der Waals surface area contributed by atoms with E-state index in [9.17, 15) is 13.2 Å². The van der Waals surface area contributed by atoms with Gasteiger partial charge in [-0.1, -0.05) is 12.1 Å². The van der Waals surface area contributed by atoms with E-state index in [1.807, 2.05) is 24.5 Å². The van der Waals surface area contributed by atoms with Crippen LogP contribution in [0.15, 0.2) is 48.8 Å². The average Bonchev–Trinajstić information content (AvgIpc) is 3.06. The van der Waals surface area contributed by atoms with Gasteiger partial charge in [-0.25, -0.2) is 4.79 Å². The molecule has 1 heterocycles. The van der Waals surface area contributed by atoms with Crippen LogP contribution in [0.3, 0.4) is 0 Å². The Morgan fingerprint density at radius 3 is 2.12 bits per heavy atom. The number of carboxylic acid groups (broad SMARTS) is 1. The number of aliphatic carboxylic acids is 1. The molecule has 1 aromatic carbocycles. The van der Waals surface area contributed by atoms with Crippen molar-refractivity contribution in [1.82, 2.24) is 9.88 Å². The Balaban J connectivity index is 0.000000351. The van der Waals surface area contributed by atoms with Crippen LogP contribution >= 0.6 is 0 Å². The van der Waals surface area contributed by atoms with E-state index >= 15 is 0 Å². The van der Waals surface area contributed by atoms with E-state index < -0.39 is 12.1 Å².